The fraction of sp³-hybridized carbons (Fsp3) is 0.231. The van der Waals surface area contributed by atoms with Gasteiger partial charge in [0.25, 0.3) is 0 Å². The molecule has 0 saturated heterocycles. The highest BCUT2D eigenvalue weighted by Crippen LogP contribution is 2.21. The molecule has 0 amide bonds. The van der Waals surface area contributed by atoms with Gasteiger partial charge in [0.2, 0.25) is 5.97 Å². The highest BCUT2D eigenvalue weighted by molar-refractivity contribution is 5.96. The third-order valence-electron chi connectivity index (χ3n) is 1.93. The van der Waals surface area contributed by atoms with E-state index in [1.807, 2.05) is 0 Å². The maximum Gasteiger partial charge on any atom is 0.215 e. The molecule has 17 heavy (non-hydrogen) atoms. The molecule has 0 aromatic heterocycles. The van der Waals surface area contributed by atoms with E-state index in [1.165, 1.54) is 24.4 Å². The van der Waals surface area contributed by atoms with E-state index in [0.717, 1.165) is 0 Å². The number of allylic oxidation sites excluding steroid dienone is 5. The molecular weight excluding hydrogens is 222 g/mol. The van der Waals surface area contributed by atoms with Crippen LogP contribution in [0.25, 0.3) is 0 Å². The molecule has 0 aliphatic carbocycles. The zero-order chi connectivity index (χ0) is 13.3. The molecule has 0 unspecified atom stereocenters. The molecule has 0 spiro atoms. The second kappa shape index (κ2) is 8.33. The van der Waals surface area contributed by atoms with Gasteiger partial charge in [-0.3, -0.25) is 10.4 Å². The molecule has 0 heterocycles. The third kappa shape index (κ3) is 4.68. The van der Waals surface area contributed by atoms with Crippen molar-refractivity contribution in [2.24, 2.45) is 4.99 Å². The zero-order valence-corrected chi connectivity index (χ0v) is 9.84. The lowest BCUT2D eigenvalue weighted by Crippen LogP contribution is -2.04. The SMILES string of the molecule is C=C/C=C(N=CC)/C(C(=N)F)=C(\CF)CC=C. The van der Waals surface area contributed by atoms with E-state index in [2.05, 4.69) is 18.2 Å². The largest absolute Gasteiger partial charge is 0.273 e. The van der Waals surface area contributed by atoms with Crippen LogP contribution in [-0.2, 0) is 0 Å². The number of alkyl halides is 1. The maximum absolute atomic E-state index is 13.2. The highest BCUT2D eigenvalue weighted by Gasteiger charge is 2.15. The molecule has 0 aromatic carbocycles. The van der Waals surface area contributed by atoms with Crippen LogP contribution in [0.15, 0.2) is 53.2 Å². The second-order valence-corrected chi connectivity index (χ2v) is 3.09. The number of hydrogen-bond acceptors (Lipinski definition) is 2. The molecule has 0 aromatic rings. The van der Waals surface area contributed by atoms with E-state index < -0.39 is 12.6 Å². The maximum atomic E-state index is 13.2. The minimum atomic E-state index is -1.21. The Kier molecular flexibility index (Phi) is 7.43. The fourth-order valence-corrected chi connectivity index (χ4v) is 1.29. The molecule has 0 aliphatic rings. The summed E-state index contributed by atoms with van der Waals surface area (Å²) in [5, 5.41) is 7.08. The Labute approximate surface area is 100 Å². The molecule has 4 heteroatoms. The number of halogens is 2. The lowest BCUT2D eigenvalue weighted by atomic mass is 10.0. The summed E-state index contributed by atoms with van der Waals surface area (Å²) in [5.74, 6) is -1.21. The lowest BCUT2D eigenvalue weighted by molar-refractivity contribution is 0.535. The predicted molar refractivity (Wildman–Crippen MR) is 69.1 cm³/mol. The molecule has 0 saturated carbocycles. The van der Waals surface area contributed by atoms with Crippen LogP contribution in [0.4, 0.5) is 8.78 Å². The minimum Gasteiger partial charge on any atom is -0.273 e. The van der Waals surface area contributed by atoms with Gasteiger partial charge < -0.3 is 0 Å². The quantitative estimate of drug-likeness (QED) is 0.396. The fourth-order valence-electron chi connectivity index (χ4n) is 1.29. The van der Waals surface area contributed by atoms with Gasteiger partial charge in [0.1, 0.15) is 6.67 Å². The monoisotopic (exact) mass is 238 g/mol. The van der Waals surface area contributed by atoms with Crippen molar-refractivity contribution in [1.29, 1.82) is 5.41 Å². The van der Waals surface area contributed by atoms with Crippen molar-refractivity contribution < 1.29 is 8.78 Å². The molecule has 0 aliphatic heterocycles. The molecule has 92 valence electrons. The van der Waals surface area contributed by atoms with Crippen molar-refractivity contribution >= 4 is 12.2 Å². The van der Waals surface area contributed by atoms with Crippen LogP contribution in [0.2, 0.25) is 0 Å². The van der Waals surface area contributed by atoms with Crippen LogP contribution in [0, 0.1) is 5.41 Å². The van der Waals surface area contributed by atoms with Crippen molar-refractivity contribution in [2.75, 3.05) is 6.67 Å². The molecule has 0 atom stereocenters. The zero-order valence-electron chi connectivity index (χ0n) is 9.84. The van der Waals surface area contributed by atoms with Crippen LogP contribution in [-0.4, -0.2) is 18.9 Å². The summed E-state index contributed by atoms with van der Waals surface area (Å²) in [6, 6.07) is 0. The molecule has 2 nitrogen and oxygen atoms in total. The number of hydrogen-bond donors (Lipinski definition) is 1. The van der Waals surface area contributed by atoms with Gasteiger partial charge in [-0.2, -0.15) is 4.39 Å². The van der Waals surface area contributed by atoms with Crippen molar-refractivity contribution in [3.05, 3.63) is 48.2 Å². The third-order valence-corrected chi connectivity index (χ3v) is 1.93. The van der Waals surface area contributed by atoms with Crippen LogP contribution < -0.4 is 0 Å². The van der Waals surface area contributed by atoms with Gasteiger partial charge in [0.05, 0.1) is 11.3 Å². The van der Waals surface area contributed by atoms with E-state index in [1.54, 1.807) is 6.92 Å². The lowest BCUT2D eigenvalue weighted by Gasteiger charge is -2.09. The average Bonchev–Trinajstić information content (AvgIpc) is 2.28. The first-order chi connectivity index (χ1) is 8.12. The second-order valence-electron chi connectivity index (χ2n) is 3.09. The Balaban J connectivity index is 5.76. The summed E-state index contributed by atoms with van der Waals surface area (Å²) >= 11 is 0. The molecule has 0 rings (SSSR count). The first-order valence-electron chi connectivity index (χ1n) is 5.07. The number of nitrogens with zero attached hydrogens (tertiary/aromatic N) is 1. The molecule has 1 N–H and O–H groups in total. The van der Waals surface area contributed by atoms with E-state index in [4.69, 9.17) is 5.41 Å². The summed E-state index contributed by atoms with van der Waals surface area (Å²) in [6.45, 7) is 7.75. The van der Waals surface area contributed by atoms with Gasteiger partial charge in [0.15, 0.2) is 0 Å². The smallest absolute Gasteiger partial charge is 0.215 e. The van der Waals surface area contributed by atoms with Crippen LogP contribution >= 0.6 is 0 Å². The van der Waals surface area contributed by atoms with Crippen LogP contribution in [0.3, 0.4) is 0 Å². The normalized spacial score (nSPS) is 13.5. The molecular formula is C13H16F2N2. The van der Waals surface area contributed by atoms with Crippen molar-refractivity contribution in [1.82, 2.24) is 0 Å². The van der Waals surface area contributed by atoms with E-state index in [9.17, 15) is 8.78 Å². The van der Waals surface area contributed by atoms with Crippen molar-refractivity contribution in [3.8, 4) is 0 Å². The van der Waals surface area contributed by atoms with Crippen LogP contribution in [0.5, 0.6) is 0 Å². The van der Waals surface area contributed by atoms with Crippen molar-refractivity contribution in [2.45, 2.75) is 13.3 Å². The summed E-state index contributed by atoms with van der Waals surface area (Å²) in [6.07, 6.45) is 5.92. The highest BCUT2D eigenvalue weighted by atomic mass is 19.1. The Bertz CT molecular complexity index is 390. The number of nitrogens with one attached hydrogen (secondary N) is 1. The van der Waals surface area contributed by atoms with Crippen LogP contribution in [0.1, 0.15) is 13.3 Å². The van der Waals surface area contributed by atoms with Gasteiger partial charge in [-0.05, 0) is 25.0 Å². The Morgan fingerprint density at radius 3 is 2.41 bits per heavy atom. The molecule has 0 fully saturated rings. The predicted octanol–water partition coefficient (Wildman–Crippen LogP) is 3.94. The topological polar surface area (TPSA) is 36.2 Å². The van der Waals surface area contributed by atoms with Gasteiger partial charge in [-0.25, -0.2) is 4.39 Å². The van der Waals surface area contributed by atoms with Gasteiger partial charge in [-0.15, -0.1) is 6.58 Å². The summed E-state index contributed by atoms with van der Waals surface area (Å²) in [7, 11) is 0. The Morgan fingerprint density at radius 2 is 2.06 bits per heavy atom. The van der Waals surface area contributed by atoms with Gasteiger partial charge >= 0.3 is 0 Å². The number of rotatable bonds is 7. The van der Waals surface area contributed by atoms with E-state index in [-0.39, 0.29) is 23.3 Å². The molecule has 0 radical (unpaired) electrons. The minimum absolute atomic E-state index is 0.134. The summed E-state index contributed by atoms with van der Waals surface area (Å²) in [5.41, 5.74) is 0.195. The van der Waals surface area contributed by atoms with E-state index in [0.29, 0.717) is 0 Å². The Morgan fingerprint density at radius 1 is 1.41 bits per heavy atom. The van der Waals surface area contributed by atoms with Crippen molar-refractivity contribution in [3.63, 3.8) is 0 Å². The van der Waals surface area contributed by atoms with E-state index >= 15 is 0 Å². The standard InChI is InChI=1S/C13H16F2N2/c1-4-7-10(9-14)12(13(15)16)11(8-5-2)17-6-3/h4-6,8,16H,1-2,7,9H2,3H3/b11-8-,12-10+,16-13?,17-6?. The Hall–Kier alpha value is -1.84. The first kappa shape index (κ1) is 15.2. The number of aliphatic imine (C=N–C) groups is 1. The average molecular weight is 238 g/mol. The molecule has 0 bridgehead atoms. The van der Waals surface area contributed by atoms with Gasteiger partial charge in [-0.1, -0.05) is 18.7 Å². The summed E-state index contributed by atoms with van der Waals surface area (Å²) < 4.78 is 26.0. The summed E-state index contributed by atoms with van der Waals surface area (Å²) in [4.78, 5) is 3.91. The first-order valence-corrected chi connectivity index (χ1v) is 5.07. The van der Waals surface area contributed by atoms with Gasteiger partial charge in [0, 0.05) is 6.21 Å².